The van der Waals surface area contributed by atoms with Crippen molar-refractivity contribution in [2.24, 2.45) is 10.8 Å². The third-order valence-electron chi connectivity index (χ3n) is 12.9. The predicted molar refractivity (Wildman–Crippen MR) is 179 cm³/mol. The number of fused-ring (bicyclic) bond motifs is 10. The largest absolute Gasteiger partial charge is 0.294 e. The Labute approximate surface area is 278 Å². The number of nitrogens with zero attached hydrogens (tertiary/aromatic N) is 3. The molecule has 4 aromatic rings. The lowest BCUT2D eigenvalue weighted by Gasteiger charge is -2.36. The number of rotatable bonds is 4. The van der Waals surface area contributed by atoms with Crippen LogP contribution < -0.4 is 11.1 Å². The molecule has 2 aromatic heterocycles. The summed E-state index contributed by atoms with van der Waals surface area (Å²) in [6.07, 6.45) is 5.68. The van der Waals surface area contributed by atoms with E-state index < -0.39 is 23.3 Å². The molecule has 0 unspecified atom stereocenters. The van der Waals surface area contributed by atoms with Gasteiger partial charge in [-0.25, -0.2) is 26.9 Å². The summed E-state index contributed by atoms with van der Waals surface area (Å²) < 4.78 is 59.3. The molecule has 0 radical (unpaired) electrons. The lowest BCUT2D eigenvalue weighted by Crippen LogP contribution is -2.36. The first kappa shape index (κ1) is 33.8. The summed E-state index contributed by atoms with van der Waals surface area (Å²) in [6, 6.07) is 6.59. The van der Waals surface area contributed by atoms with Crippen LogP contribution in [0.15, 0.2) is 58.6 Å². The van der Waals surface area contributed by atoms with E-state index in [-0.39, 0.29) is 63.4 Å². The molecule has 0 saturated heterocycles. The van der Waals surface area contributed by atoms with Gasteiger partial charge >= 0.3 is 0 Å². The highest BCUT2D eigenvalue weighted by Crippen LogP contribution is 2.68. The van der Waals surface area contributed by atoms with Crippen LogP contribution in [0.1, 0.15) is 109 Å². The van der Waals surface area contributed by atoms with Crippen LogP contribution in [0.2, 0.25) is 0 Å². The first-order chi connectivity index (χ1) is 22.0. The molecule has 256 valence electrons. The van der Waals surface area contributed by atoms with Crippen molar-refractivity contribution in [3.05, 3.63) is 116 Å². The first-order valence-electron chi connectivity index (χ1n) is 16.2. The van der Waals surface area contributed by atoms with Gasteiger partial charge in [0.2, 0.25) is 0 Å². The second-order valence-corrected chi connectivity index (χ2v) is 15.3. The zero-order chi connectivity index (χ0) is 34.0. The maximum absolute atomic E-state index is 14.4. The number of H-pyrrole nitrogens is 1. The summed E-state index contributed by atoms with van der Waals surface area (Å²) in [7, 11) is 0. The fourth-order valence-electron chi connectivity index (χ4n) is 9.56. The second-order valence-electron chi connectivity index (χ2n) is 15.3. The third kappa shape index (κ3) is 4.10. The molecule has 4 aliphatic carbocycles. The number of allylic oxidation sites excluding steroid dienone is 1. The number of aromatic amines is 1. The second kappa shape index (κ2) is 10.7. The van der Waals surface area contributed by atoms with Gasteiger partial charge < -0.3 is 0 Å². The van der Waals surface area contributed by atoms with E-state index in [1.807, 2.05) is 4.68 Å². The predicted octanol–water partition coefficient (Wildman–Crippen LogP) is 8.53. The van der Waals surface area contributed by atoms with Gasteiger partial charge in [0.1, 0.15) is 23.0 Å². The first-order valence-corrected chi connectivity index (χ1v) is 16.2. The standard InChI is InChI=1S/C20H22F2N2O.C17H18F2N2O.CH4/c1-5-10-23-17-16(13-8-9-20(17,4)19(13,2)3)18(25)24(23)15-7-6-12(21)11-14(15)22;1-16(2)10-6-7-17(16,3)14-13(10)15(22)21(20-14)12-5-4-9(18)8-11(12)19;/h5-7,11,13H,1,8-10H2,2-4H3;4-5,8,10,20H,6-7H2,1-3H3;1H4/t13-,20+;10-,17+;/m00./s1. The van der Waals surface area contributed by atoms with Crippen LogP contribution in [0.3, 0.4) is 0 Å². The van der Waals surface area contributed by atoms with Gasteiger partial charge in [0.05, 0.1) is 12.2 Å². The van der Waals surface area contributed by atoms with Gasteiger partial charge in [-0.05, 0) is 72.6 Å². The van der Waals surface area contributed by atoms with Crippen molar-refractivity contribution in [3.8, 4) is 11.4 Å². The van der Waals surface area contributed by atoms with Gasteiger partial charge in [0.25, 0.3) is 11.1 Å². The summed E-state index contributed by atoms with van der Waals surface area (Å²) >= 11 is 0. The molecular formula is C38H44F4N4O2. The molecule has 48 heavy (non-hydrogen) atoms. The van der Waals surface area contributed by atoms with E-state index in [4.69, 9.17) is 0 Å². The Kier molecular flexibility index (Phi) is 7.54. The summed E-state index contributed by atoms with van der Waals surface area (Å²) in [5.41, 5.74) is 3.01. The molecule has 0 aliphatic heterocycles. The maximum atomic E-state index is 14.4. The average molecular weight is 665 g/mol. The zero-order valence-corrected chi connectivity index (χ0v) is 27.6. The molecule has 0 amide bonds. The topological polar surface area (TPSA) is 64.7 Å². The molecule has 0 spiro atoms. The van der Waals surface area contributed by atoms with Gasteiger partial charge in [-0.15, -0.1) is 6.58 Å². The Bertz CT molecular complexity index is 2100. The lowest BCUT2D eigenvalue weighted by atomic mass is 9.70. The fraction of sp³-hybridized carbons (Fsp3) is 0.474. The van der Waals surface area contributed by atoms with E-state index in [2.05, 4.69) is 53.2 Å². The van der Waals surface area contributed by atoms with Crippen LogP contribution in [0.5, 0.6) is 0 Å². The van der Waals surface area contributed by atoms with E-state index in [1.54, 1.807) is 6.08 Å². The smallest absolute Gasteiger partial charge is 0.275 e. The molecule has 2 fully saturated rings. The molecule has 2 saturated carbocycles. The summed E-state index contributed by atoms with van der Waals surface area (Å²) in [4.78, 5) is 26.1. The van der Waals surface area contributed by atoms with Crippen LogP contribution in [-0.2, 0) is 17.4 Å². The van der Waals surface area contributed by atoms with E-state index in [0.717, 1.165) is 66.4 Å². The quantitative estimate of drug-likeness (QED) is 0.176. The van der Waals surface area contributed by atoms with E-state index in [0.29, 0.717) is 6.54 Å². The number of hydrogen-bond donors (Lipinski definition) is 1. The van der Waals surface area contributed by atoms with Crippen LogP contribution in [-0.4, -0.2) is 19.1 Å². The molecule has 4 bridgehead atoms. The van der Waals surface area contributed by atoms with Crippen LogP contribution >= 0.6 is 0 Å². The van der Waals surface area contributed by atoms with Gasteiger partial charge in [-0.2, -0.15) is 0 Å². The van der Waals surface area contributed by atoms with Crippen LogP contribution in [0.4, 0.5) is 17.6 Å². The Morgan fingerprint density at radius 3 is 1.85 bits per heavy atom. The fourth-order valence-corrected chi connectivity index (χ4v) is 9.56. The van der Waals surface area contributed by atoms with Gasteiger partial charge in [-0.3, -0.25) is 19.4 Å². The van der Waals surface area contributed by atoms with Crippen molar-refractivity contribution in [1.29, 1.82) is 0 Å². The molecule has 8 rings (SSSR count). The number of hydrogen-bond acceptors (Lipinski definition) is 2. The number of aromatic nitrogens is 4. The molecule has 10 heteroatoms. The number of halogens is 4. The Balaban J connectivity index is 0.000000165. The Morgan fingerprint density at radius 1 is 0.792 bits per heavy atom. The molecule has 4 atom stereocenters. The highest BCUT2D eigenvalue weighted by Gasteiger charge is 2.63. The summed E-state index contributed by atoms with van der Waals surface area (Å²) in [5, 5.41) is 3.11. The highest BCUT2D eigenvalue weighted by molar-refractivity contribution is 5.49. The van der Waals surface area contributed by atoms with Crippen molar-refractivity contribution in [1.82, 2.24) is 19.1 Å². The maximum Gasteiger partial charge on any atom is 0.275 e. The molecule has 4 aliphatic rings. The third-order valence-corrected chi connectivity index (χ3v) is 12.9. The van der Waals surface area contributed by atoms with Crippen molar-refractivity contribution < 1.29 is 17.6 Å². The molecule has 2 aromatic carbocycles. The lowest BCUT2D eigenvalue weighted by molar-refractivity contribution is 0.216. The van der Waals surface area contributed by atoms with E-state index in [1.165, 1.54) is 27.6 Å². The number of benzene rings is 2. The van der Waals surface area contributed by atoms with Crippen molar-refractivity contribution in [2.45, 2.75) is 104 Å². The van der Waals surface area contributed by atoms with Gasteiger partial charge in [-0.1, -0.05) is 55.0 Å². The van der Waals surface area contributed by atoms with Gasteiger partial charge in [0, 0.05) is 39.8 Å². The minimum absolute atomic E-state index is 0. The van der Waals surface area contributed by atoms with Crippen molar-refractivity contribution in [2.75, 3.05) is 0 Å². The SMILES string of the molecule is C.C=CCn1c2c(c(=O)n1-c1ccc(F)cc1F)[C@@H]1CC[C@@]2(C)C1(C)C.CC1(C)[C@H]2CC[C@]1(C)c1[nH]n(-c3ccc(F)cc3F)c(=O)c12. The average Bonchev–Trinajstić information content (AvgIpc) is 3.71. The summed E-state index contributed by atoms with van der Waals surface area (Å²) in [6.45, 7) is 17.4. The van der Waals surface area contributed by atoms with Gasteiger partial charge in [0.15, 0.2) is 11.6 Å². The molecule has 2 heterocycles. The number of nitrogens with one attached hydrogen (secondary N) is 1. The monoisotopic (exact) mass is 664 g/mol. The summed E-state index contributed by atoms with van der Waals surface area (Å²) in [5.74, 6) is -2.42. The van der Waals surface area contributed by atoms with E-state index >= 15 is 0 Å². The Hall–Kier alpha value is -4.08. The van der Waals surface area contributed by atoms with Crippen molar-refractivity contribution in [3.63, 3.8) is 0 Å². The minimum atomic E-state index is -0.737. The highest BCUT2D eigenvalue weighted by atomic mass is 19.1. The Morgan fingerprint density at radius 2 is 1.31 bits per heavy atom. The molecular weight excluding hydrogens is 620 g/mol. The molecule has 1 N–H and O–H groups in total. The minimum Gasteiger partial charge on any atom is -0.294 e. The molecule has 6 nitrogen and oxygen atoms in total. The van der Waals surface area contributed by atoms with E-state index in [9.17, 15) is 27.2 Å². The van der Waals surface area contributed by atoms with Crippen LogP contribution in [0.25, 0.3) is 11.4 Å². The zero-order valence-electron chi connectivity index (χ0n) is 27.6. The van der Waals surface area contributed by atoms with Crippen molar-refractivity contribution >= 4 is 0 Å². The normalized spacial score (nSPS) is 26.5. The van der Waals surface area contributed by atoms with Crippen LogP contribution in [0, 0.1) is 34.1 Å².